The van der Waals surface area contributed by atoms with E-state index in [1.807, 2.05) is 57.2 Å². The van der Waals surface area contributed by atoms with Gasteiger partial charge in [0.25, 0.3) is 5.91 Å². The summed E-state index contributed by atoms with van der Waals surface area (Å²) in [5, 5.41) is 5.66. The van der Waals surface area contributed by atoms with E-state index >= 15 is 0 Å². The Kier molecular flexibility index (Phi) is 5.46. The third-order valence-electron chi connectivity index (χ3n) is 3.32. The Morgan fingerprint density at radius 1 is 1.09 bits per heavy atom. The molecule has 1 heterocycles. The van der Waals surface area contributed by atoms with Crippen molar-refractivity contribution < 1.29 is 9.59 Å². The van der Waals surface area contributed by atoms with Gasteiger partial charge in [0.2, 0.25) is 5.91 Å². The number of carbonyl (C=O) groups excluding carboxylic acids is 2. The van der Waals surface area contributed by atoms with Crippen molar-refractivity contribution in [1.82, 2.24) is 10.3 Å². The van der Waals surface area contributed by atoms with Crippen LogP contribution in [0.5, 0.6) is 0 Å². The Balaban J connectivity index is 1.91. The van der Waals surface area contributed by atoms with Crippen molar-refractivity contribution in [3.8, 4) is 0 Å². The largest absolute Gasteiger partial charge is 0.347 e. The van der Waals surface area contributed by atoms with Crippen LogP contribution in [0.15, 0.2) is 42.5 Å². The van der Waals surface area contributed by atoms with Gasteiger partial charge in [-0.05, 0) is 36.8 Å². The molecule has 0 bridgehead atoms. The molecule has 0 radical (unpaired) electrons. The maximum atomic E-state index is 12.0. The molecule has 0 atom stereocenters. The van der Waals surface area contributed by atoms with Crippen LogP contribution in [0.2, 0.25) is 0 Å². The van der Waals surface area contributed by atoms with Crippen LogP contribution < -0.4 is 10.6 Å². The number of nitrogens with zero attached hydrogens (tertiary/aromatic N) is 1. The highest BCUT2D eigenvalue weighted by atomic mass is 16.2. The topological polar surface area (TPSA) is 71.1 Å². The number of anilines is 1. The third-order valence-corrected chi connectivity index (χ3v) is 3.32. The van der Waals surface area contributed by atoms with Gasteiger partial charge in [-0.15, -0.1) is 0 Å². The van der Waals surface area contributed by atoms with Crippen LogP contribution in [0.25, 0.3) is 0 Å². The van der Waals surface area contributed by atoms with Crippen LogP contribution in [-0.4, -0.2) is 16.8 Å². The van der Waals surface area contributed by atoms with Crippen molar-refractivity contribution in [1.29, 1.82) is 0 Å². The van der Waals surface area contributed by atoms with Crippen LogP contribution >= 0.6 is 0 Å². The molecule has 23 heavy (non-hydrogen) atoms. The van der Waals surface area contributed by atoms with Gasteiger partial charge in [0.15, 0.2) is 0 Å². The molecular formula is C18H21N3O2. The quantitative estimate of drug-likeness (QED) is 0.892. The van der Waals surface area contributed by atoms with E-state index in [0.717, 1.165) is 16.9 Å². The summed E-state index contributed by atoms with van der Waals surface area (Å²) in [5.74, 6) is -0.279. The number of carbonyl (C=O) groups is 2. The molecule has 0 fully saturated rings. The molecule has 0 spiro atoms. The summed E-state index contributed by atoms with van der Waals surface area (Å²) < 4.78 is 0. The minimum Gasteiger partial charge on any atom is -0.347 e. The number of amides is 2. The average Bonchev–Trinajstić information content (AvgIpc) is 2.53. The Morgan fingerprint density at radius 3 is 2.39 bits per heavy atom. The zero-order valence-corrected chi connectivity index (χ0v) is 13.6. The van der Waals surface area contributed by atoms with E-state index in [1.54, 1.807) is 6.07 Å². The molecule has 0 saturated heterocycles. The lowest BCUT2D eigenvalue weighted by Crippen LogP contribution is -2.24. The average molecular weight is 311 g/mol. The van der Waals surface area contributed by atoms with Crippen LogP contribution in [0.3, 0.4) is 0 Å². The number of aryl methyl sites for hydroxylation is 1. The molecule has 0 aliphatic rings. The number of nitrogens with one attached hydrogen (secondary N) is 2. The van der Waals surface area contributed by atoms with Gasteiger partial charge in [0.05, 0.1) is 0 Å². The highest BCUT2D eigenvalue weighted by molar-refractivity contribution is 5.92. The van der Waals surface area contributed by atoms with Gasteiger partial charge in [-0.1, -0.05) is 32.0 Å². The van der Waals surface area contributed by atoms with E-state index in [0.29, 0.717) is 12.2 Å². The monoisotopic (exact) mass is 311 g/mol. The van der Waals surface area contributed by atoms with Gasteiger partial charge in [0, 0.05) is 23.8 Å². The minimum absolute atomic E-state index is 0.0171. The molecule has 120 valence electrons. The Labute approximate surface area is 136 Å². The molecule has 5 nitrogen and oxygen atoms in total. The molecule has 0 saturated carbocycles. The van der Waals surface area contributed by atoms with E-state index in [2.05, 4.69) is 15.6 Å². The zero-order valence-electron chi connectivity index (χ0n) is 13.6. The number of aromatic nitrogens is 1. The molecule has 5 heteroatoms. The van der Waals surface area contributed by atoms with E-state index in [1.165, 1.54) is 0 Å². The fraction of sp³-hybridized carbons (Fsp3) is 0.278. The maximum Gasteiger partial charge on any atom is 0.270 e. The van der Waals surface area contributed by atoms with Crippen LogP contribution in [-0.2, 0) is 11.3 Å². The number of hydrogen-bond donors (Lipinski definition) is 2. The molecule has 2 N–H and O–H groups in total. The van der Waals surface area contributed by atoms with Crippen LogP contribution in [0, 0.1) is 12.8 Å². The Morgan fingerprint density at radius 2 is 1.78 bits per heavy atom. The normalized spacial score (nSPS) is 10.4. The van der Waals surface area contributed by atoms with Crippen molar-refractivity contribution in [3.05, 3.63) is 59.4 Å². The van der Waals surface area contributed by atoms with Crippen molar-refractivity contribution >= 4 is 17.5 Å². The van der Waals surface area contributed by atoms with E-state index in [9.17, 15) is 9.59 Å². The standard InChI is InChI=1S/C18H21N3O2/c1-12(2)17(22)21-15-9-7-14(8-10-15)11-19-18(23)16-6-4-5-13(3)20-16/h4-10,12H,11H2,1-3H3,(H,19,23)(H,21,22). The molecule has 2 aromatic rings. The molecule has 2 amide bonds. The number of pyridine rings is 1. The zero-order chi connectivity index (χ0) is 16.8. The lowest BCUT2D eigenvalue weighted by atomic mass is 10.1. The van der Waals surface area contributed by atoms with Crippen LogP contribution in [0.1, 0.15) is 35.6 Å². The predicted molar refractivity (Wildman–Crippen MR) is 90.1 cm³/mol. The summed E-state index contributed by atoms with van der Waals surface area (Å²) in [5.41, 5.74) is 2.92. The second-order valence-electron chi connectivity index (χ2n) is 5.69. The molecule has 0 aliphatic heterocycles. The third kappa shape index (κ3) is 4.92. The Bertz CT molecular complexity index is 694. The van der Waals surface area contributed by atoms with Crippen molar-refractivity contribution in [2.75, 3.05) is 5.32 Å². The van der Waals surface area contributed by atoms with Crippen LogP contribution in [0.4, 0.5) is 5.69 Å². The minimum atomic E-state index is -0.203. The van der Waals surface area contributed by atoms with Gasteiger partial charge in [0.1, 0.15) is 5.69 Å². The maximum absolute atomic E-state index is 12.0. The first kappa shape index (κ1) is 16.7. The summed E-state index contributed by atoms with van der Waals surface area (Å²) in [7, 11) is 0. The van der Waals surface area contributed by atoms with Crippen molar-refractivity contribution in [2.24, 2.45) is 5.92 Å². The fourth-order valence-corrected chi connectivity index (χ4v) is 1.93. The first-order valence-corrected chi connectivity index (χ1v) is 7.57. The summed E-state index contributed by atoms with van der Waals surface area (Å²) in [4.78, 5) is 27.8. The van der Waals surface area contributed by atoms with Gasteiger partial charge in [-0.2, -0.15) is 0 Å². The lowest BCUT2D eigenvalue weighted by Gasteiger charge is -2.09. The van der Waals surface area contributed by atoms with Gasteiger partial charge in [-0.25, -0.2) is 4.98 Å². The fourth-order valence-electron chi connectivity index (χ4n) is 1.93. The predicted octanol–water partition coefficient (Wildman–Crippen LogP) is 2.91. The van der Waals surface area contributed by atoms with Gasteiger partial charge >= 0.3 is 0 Å². The first-order chi connectivity index (χ1) is 11.0. The molecular weight excluding hydrogens is 290 g/mol. The van der Waals surface area contributed by atoms with Crippen molar-refractivity contribution in [2.45, 2.75) is 27.3 Å². The smallest absolute Gasteiger partial charge is 0.270 e. The highest BCUT2D eigenvalue weighted by Crippen LogP contribution is 2.11. The summed E-state index contributed by atoms with van der Waals surface area (Å²) >= 11 is 0. The molecule has 1 aromatic carbocycles. The summed E-state index contributed by atoms with van der Waals surface area (Å²) in [6.07, 6.45) is 0. The van der Waals surface area contributed by atoms with Crippen molar-refractivity contribution in [3.63, 3.8) is 0 Å². The molecule has 0 aliphatic carbocycles. The van der Waals surface area contributed by atoms with E-state index < -0.39 is 0 Å². The van der Waals surface area contributed by atoms with E-state index in [-0.39, 0.29) is 17.7 Å². The number of rotatable bonds is 5. The first-order valence-electron chi connectivity index (χ1n) is 7.57. The number of hydrogen-bond acceptors (Lipinski definition) is 3. The molecule has 0 unspecified atom stereocenters. The number of benzene rings is 1. The van der Waals surface area contributed by atoms with Gasteiger partial charge < -0.3 is 10.6 Å². The SMILES string of the molecule is Cc1cccc(C(=O)NCc2ccc(NC(=O)C(C)C)cc2)n1. The van der Waals surface area contributed by atoms with E-state index in [4.69, 9.17) is 0 Å². The highest BCUT2D eigenvalue weighted by Gasteiger charge is 2.08. The molecule has 1 aromatic heterocycles. The lowest BCUT2D eigenvalue weighted by molar-refractivity contribution is -0.118. The second-order valence-corrected chi connectivity index (χ2v) is 5.69. The Hall–Kier alpha value is -2.69. The summed E-state index contributed by atoms with van der Waals surface area (Å²) in [6, 6.07) is 12.7. The van der Waals surface area contributed by atoms with Gasteiger partial charge in [-0.3, -0.25) is 9.59 Å². The second kappa shape index (κ2) is 7.54. The molecule has 2 rings (SSSR count). The summed E-state index contributed by atoms with van der Waals surface area (Å²) in [6.45, 7) is 5.95.